The summed E-state index contributed by atoms with van der Waals surface area (Å²) in [6.07, 6.45) is 3.82. The predicted molar refractivity (Wildman–Crippen MR) is 58.7 cm³/mol. The molecule has 2 rings (SSSR count). The zero-order valence-electron chi connectivity index (χ0n) is 8.61. The highest BCUT2D eigenvalue weighted by Crippen LogP contribution is 2.33. The van der Waals surface area contributed by atoms with Gasteiger partial charge in [0.1, 0.15) is 0 Å². The Labute approximate surface area is 84.2 Å². The summed E-state index contributed by atoms with van der Waals surface area (Å²) in [7, 11) is 2.07. The largest absolute Gasteiger partial charge is 0.317 e. The van der Waals surface area contributed by atoms with Crippen LogP contribution in [0.25, 0.3) is 0 Å². The fourth-order valence-electron chi connectivity index (χ4n) is 2.29. The highest BCUT2D eigenvalue weighted by Gasteiger charge is 2.21. The first-order valence-electron chi connectivity index (χ1n) is 4.97. The number of thiophene rings is 1. The maximum Gasteiger partial charge on any atom is 0.0108 e. The minimum absolute atomic E-state index is 0.709. The molecule has 1 aliphatic carbocycles. The first kappa shape index (κ1) is 9.22. The highest BCUT2D eigenvalue weighted by atomic mass is 32.1. The van der Waals surface area contributed by atoms with Gasteiger partial charge in [-0.25, -0.2) is 0 Å². The van der Waals surface area contributed by atoms with Crippen LogP contribution < -0.4 is 5.32 Å². The van der Waals surface area contributed by atoms with Crippen LogP contribution in [0.15, 0.2) is 0 Å². The lowest BCUT2D eigenvalue weighted by Crippen LogP contribution is -2.31. The van der Waals surface area contributed by atoms with Crippen LogP contribution in [0.4, 0.5) is 0 Å². The van der Waals surface area contributed by atoms with Crippen molar-refractivity contribution in [1.29, 1.82) is 0 Å². The van der Waals surface area contributed by atoms with E-state index in [0.29, 0.717) is 6.04 Å². The minimum Gasteiger partial charge on any atom is -0.317 e. The van der Waals surface area contributed by atoms with E-state index in [1.54, 1.807) is 16.0 Å². The van der Waals surface area contributed by atoms with E-state index >= 15 is 0 Å². The molecule has 13 heavy (non-hydrogen) atoms. The zero-order valence-corrected chi connectivity index (χ0v) is 9.42. The maximum absolute atomic E-state index is 3.39. The number of fused-ring (bicyclic) bond motifs is 1. The van der Waals surface area contributed by atoms with Gasteiger partial charge in [-0.15, -0.1) is 11.3 Å². The molecule has 1 aliphatic rings. The van der Waals surface area contributed by atoms with Gasteiger partial charge in [0.25, 0.3) is 0 Å². The van der Waals surface area contributed by atoms with Crippen molar-refractivity contribution in [3.63, 3.8) is 0 Å². The summed E-state index contributed by atoms with van der Waals surface area (Å²) in [5.41, 5.74) is 3.28. The van der Waals surface area contributed by atoms with Crippen LogP contribution in [0.1, 0.15) is 27.3 Å². The Morgan fingerprint density at radius 2 is 1.92 bits per heavy atom. The molecule has 1 nitrogen and oxygen atoms in total. The lowest BCUT2D eigenvalue weighted by Gasteiger charge is -2.22. The van der Waals surface area contributed by atoms with Crippen molar-refractivity contribution in [3.05, 3.63) is 20.9 Å². The third-order valence-corrected chi connectivity index (χ3v) is 4.23. The van der Waals surface area contributed by atoms with Gasteiger partial charge in [-0.1, -0.05) is 0 Å². The molecule has 1 N–H and O–H groups in total. The van der Waals surface area contributed by atoms with Crippen LogP contribution in [0.3, 0.4) is 0 Å². The SMILES string of the molecule is CNC1CCc2c(C)sc(C)c2C1. The number of nitrogens with one attached hydrogen (secondary N) is 1. The Kier molecular flexibility index (Phi) is 2.43. The molecule has 0 amide bonds. The molecule has 2 heteroatoms. The molecule has 1 aromatic rings. The molecule has 0 fully saturated rings. The van der Waals surface area contributed by atoms with Crippen molar-refractivity contribution in [3.8, 4) is 0 Å². The first-order valence-corrected chi connectivity index (χ1v) is 5.79. The molecule has 1 heterocycles. The standard InChI is InChI=1S/C11H17NS/c1-7-10-5-4-9(12-3)6-11(10)8(2)13-7/h9,12H,4-6H2,1-3H3. The lowest BCUT2D eigenvalue weighted by molar-refractivity contribution is 0.496. The monoisotopic (exact) mass is 195 g/mol. The molecule has 0 radical (unpaired) electrons. The molecule has 1 unspecified atom stereocenters. The average molecular weight is 195 g/mol. The molecule has 72 valence electrons. The summed E-state index contributed by atoms with van der Waals surface area (Å²) < 4.78 is 0. The van der Waals surface area contributed by atoms with Gasteiger partial charge in [-0.3, -0.25) is 0 Å². The fraction of sp³-hybridized carbons (Fsp3) is 0.636. The smallest absolute Gasteiger partial charge is 0.0108 e. The molecule has 0 aromatic carbocycles. The summed E-state index contributed by atoms with van der Waals surface area (Å²) in [6.45, 7) is 4.52. The van der Waals surface area contributed by atoms with Gasteiger partial charge in [0, 0.05) is 15.8 Å². The summed E-state index contributed by atoms with van der Waals surface area (Å²) in [5, 5.41) is 3.39. The van der Waals surface area contributed by atoms with Crippen molar-refractivity contribution in [2.45, 2.75) is 39.2 Å². The van der Waals surface area contributed by atoms with Gasteiger partial charge in [0.05, 0.1) is 0 Å². The molecule has 1 atom stereocenters. The topological polar surface area (TPSA) is 12.0 Å². The van der Waals surface area contributed by atoms with Crippen LogP contribution in [0.2, 0.25) is 0 Å². The summed E-state index contributed by atoms with van der Waals surface area (Å²) >= 11 is 1.97. The quantitative estimate of drug-likeness (QED) is 0.726. The normalized spacial score (nSPS) is 21.6. The Bertz CT molecular complexity index is 314. The first-order chi connectivity index (χ1) is 6.22. The van der Waals surface area contributed by atoms with E-state index in [4.69, 9.17) is 0 Å². The second-order valence-corrected chi connectivity index (χ2v) is 5.33. The lowest BCUT2D eigenvalue weighted by atomic mass is 9.89. The van der Waals surface area contributed by atoms with Gasteiger partial charge in [0.2, 0.25) is 0 Å². The van der Waals surface area contributed by atoms with Crippen molar-refractivity contribution >= 4 is 11.3 Å². The van der Waals surface area contributed by atoms with Gasteiger partial charge in [-0.2, -0.15) is 0 Å². The van der Waals surface area contributed by atoms with E-state index in [2.05, 4.69) is 26.2 Å². The number of likely N-dealkylation sites (N-methyl/N-ethyl adjacent to an activating group) is 1. The van der Waals surface area contributed by atoms with Crippen LogP contribution in [0, 0.1) is 13.8 Å². The third kappa shape index (κ3) is 1.53. The predicted octanol–water partition coefficient (Wildman–Crippen LogP) is 2.44. The van der Waals surface area contributed by atoms with E-state index < -0.39 is 0 Å². The van der Waals surface area contributed by atoms with Crippen LogP contribution >= 0.6 is 11.3 Å². The maximum atomic E-state index is 3.39. The van der Waals surface area contributed by atoms with Gasteiger partial charge < -0.3 is 5.32 Å². The Morgan fingerprint density at radius 1 is 1.23 bits per heavy atom. The van der Waals surface area contributed by atoms with Crippen molar-refractivity contribution < 1.29 is 0 Å². The van der Waals surface area contributed by atoms with E-state index in [0.717, 1.165) is 0 Å². The van der Waals surface area contributed by atoms with Crippen molar-refractivity contribution in [2.24, 2.45) is 0 Å². The van der Waals surface area contributed by atoms with Gasteiger partial charge in [0.15, 0.2) is 0 Å². The molecule has 0 saturated carbocycles. The van der Waals surface area contributed by atoms with Crippen molar-refractivity contribution in [2.75, 3.05) is 7.05 Å². The van der Waals surface area contributed by atoms with Crippen LogP contribution in [0.5, 0.6) is 0 Å². The second-order valence-electron chi connectivity index (χ2n) is 3.90. The Balaban J connectivity index is 2.33. The van der Waals surface area contributed by atoms with E-state index in [9.17, 15) is 0 Å². The molecular formula is C11H17NS. The van der Waals surface area contributed by atoms with E-state index in [1.807, 2.05) is 11.3 Å². The summed E-state index contributed by atoms with van der Waals surface area (Å²) in [5.74, 6) is 0. The number of hydrogen-bond acceptors (Lipinski definition) is 2. The minimum atomic E-state index is 0.709. The molecule has 0 saturated heterocycles. The molecular weight excluding hydrogens is 178 g/mol. The fourth-order valence-corrected chi connectivity index (χ4v) is 3.42. The Hall–Kier alpha value is -0.340. The summed E-state index contributed by atoms with van der Waals surface area (Å²) in [4.78, 5) is 3.08. The highest BCUT2D eigenvalue weighted by molar-refractivity contribution is 7.12. The van der Waals surface area contributed by atoms with E-state index in [1.165, 1.54) is 24.1 Å². The third-order valence-electron chi connectivity index (χ3n) is 3.12. The zero-order chi connectivity index (χ0) is 9.42. The Morgan fingerprint density at radius 3 is 2.62 bits per heavy atom. The number of hydrogen-bond donors (Lipinski definition) is 1. The number of aryl methyl sites for hydroxylation is 2. The molecule has 1 aromatic heterocycles. The average Bonchev–Trinajstić information content (AvgIpc) is 2.42. The number of rotatable bonds is 1. The second kappa shape index (κ2) is 3.43. The summed E-state index contributed by atoms with van der Waals surface area (Å²) in [6, 6.07) is 0.709. The van der Waals surface area contributed by atoms with Gasteiger partial charge in [-0.05, 0) is 51.3 Å². The van der Waals surface area contributed by atoms with Gasteiger partial charge >= 0.3 is 0 Å². The van der Waals surface area contributed by atoms with Crippen molar-refractivity contribution in [1.82, 2.24) is 5.32 Å². The molecule has 0 aliphatic heterocycles. The molecule has 0 bridgehead atoms. The molecule has 0 spiro atoms. The van der Waals surface area contributed by atoms with E-state index in [-0.39, 0.29) is 0 Å². The van der Waals surface area contributed by atoms with Crippen LogP contribution in [-0.2, 0) is 12.8 Å². The van der Waals surface area contributed by atoms with Crippen LogP contribution in [-0.4, -0.2) is 13.1 Å².